The number of aliphatic carboxylic acids is 1. The maximum atomic E-state index is 12.8. The molecule has 1 N–H and O–H groups in total. The summed E-state index contributed by atoms with van der Waals surface area (Å²) in [5.41, 5.74) is 0.393. The molecule has 1 aliphatic carbocycles. The SMILES string of the molecule is O=C(C1=CC=CS1(Cl)Cl)c1ccccc1O[C@H]1CC[C@H](C(=O)O)C1. The van der Waals surface area contributed by atoms with Gasteiger partial charge in [-0.05, 0) is 72.7 Å². The number of para-hydroxylation sites is 1. The molecule has 1 saturated carbocycles. The molecule has 128 valence electrons. The average Bonchev–Trinajstić information content (AvgIpc) is 3.13. The first-order chi connectivity index (χ1) is 11.4. The summed E-state index contributed by atoms with van der Waals surface area (Å²) in [7, 11) is 10.2. The fraction of sp³-hybridized carbons (Fsp3) is 0.294. The van der Waals surface area contributed by atoms with E-state index < -0.39 is 14.4 Å². The number of halogens is 2. The van der Waals surface area contributed by atoms with Crippen molar-refractivity contribution in [1.29, 1.82) is 0 Å². The zero-order valence-electron chi connectivity index (χ0n) is 12.7. The molecule has 7 heteroatoms. The summed E-state index contributed by atoms with van der Waals surface area (Å²) < 4.78 is 5.93. The maximum Gasteiger partial charge on any atom is 0.306 e. The van der Waals surface area contributed by atoms with E-state index in [1.807, 2.05) is 0 Å². The van der Waals surface area contributed by atoms with Crippen LogP contribution in [0.4, 0.5) is 0 Å². The number of carboxylic acid groups (broad SMARTS) is 1. The van der Waals surface area contributed by atoms with Gasteiger partial charge in [0.25, 0.3) is 0 Å². The van der Waals surface area contributed by atoms with Gasteiger partial charge in [-0.25, -0.2) is 0 Å². The molecule has 1 aromatic carbocycles. The zero-order valence-corrected chi connectivity index (χ0v) is 15.0. The van der Waals surface area contributed by atoms with Gasteiger partial charge in [0.05, 0.1) is 22.5 Å². The lowest BCUT2D eigenvalue weighted by molar-refractivity contribution is -0.141. The minimum absolute atomic E-state index is 0.208. The predicted molar refractivity (Wildman–Crippen MR) is 96.7 cm³/mol. The molecular formula is C17H16Cl2O4S. The van der Waals surface area contributed by atoms with Crippen LogP contribution in [0.25, 0.3) is 0 Å². The minimum Gasteiger partial charge on any atom is -0.490 e. The van der Waals surface area contributed by atoms with Gasteiger partial charge in [0.2, 0.25) is 5.78 Å². The fourth-order valence-electron chi connectivity index (χ4n) is 2.93. The predicted octanol–water partition coefficient (Wildman–Crippen LogP) is 5.02. The summed E-state index contributed by atoms with van der Waals surface area (Å²) in [6.07, 6.45) is 4.79. The molecule has 0 radical (unpaired) electrons. The van der Waals surface area contributed by atoms with E-state index in [1.54, 1.807) is 41.8 Å². The van der Waals surface area contributed by atoms with Gasteiger partial charge >= 0.3 is 5.97 Å². The summed E-state index contributed by atoms with van der Waals surface area (Å²) in [6.45, 7) is 0. The van der Waals surface area contributed by atoms with Gasteiger partial charge in [-0.15, -0.1) is 0 Å². The van der Waals surface area contributed by atoms with Gasteiger partial charge in [0.15, 0.2) is 0 Å². The quantitative estimate of drug-likeness (QED) is 0.721. The van der Waals surface area contributed by atoms with Crippen LogP contribution in [-0.4, -0.2) is 23.0 Å². The van der Waals surface area contributed by atoms with Crippen molar-refractivity contribution in [2.75, 3.05) is 0 Å². The van der Waals surface area contributed by atoms with Crippen molar-refractivity contribution in [1.82, 2.24) is 0 Å². The monoisotopic (exact) mass is 386 g/mol. The Morgan fingerprint density at radius 3 is 2.58 bits per heavy atom. The van der Waals surface area contributed by atoms with Crippen molar-refractivity contribution in [3.8, 4) is 5.75 Å². The second-order valence-electron chi connectivity index (χ2n) is 5.78. The molecule has 0 bridgehead atoms. The largest absolute Gasteiger partial charge is 0.490 e. The maximum absolute atomic E-state index is 12.8. The normalized spacial score (nSPS) is 26.0. The minimum atomic E-state index is -2.26. The first kappa shape index (κ1) is 17.4. The number of hydrogen-bond donors (Lipinski definition) is 1. The van der Waals surface area contributed by atoms with Crippen LogP contribution in [0.3, 0.4) is 0 Å². The van der Waals surface area contributed by atoms with Gasteiger partial charge < -0.3 is 9.84 Å². The van der Waals surface area contributed by atoms with E-state index in [2.05, 4.69) is 0 Å². The van der Waals surface area contributed by atoms with E-state index in [1.165, 1.54) is 0 Å². The number of benzene rings is 1. The number of allylic oxidation sites excluding steroid dienone is 3. The van der Waals surface area contributed by atoms with E-state index in [9.17, 15) is 9.59 Å². The molecule has 2 aliphatic rings. The Hall–Kier alpha value is -1.43. The standard InChI is InChI=1S/C17H16Cl2O4S/c18-24(19)9-3-6-15(24)16(20)13-4-1-2-5-14(13)23-12-8-7-11(10-12)17(21)22/h1-6,9,11-12H,7-8,10H2,(H,21,22)/t11-,12-/m0/s1. The number of rotatable bonds is 5. The van der Waals surface area contributed by atoms with Crippen molar-refractivity contribution in [2.45, 2.75) is 25.4 Å². The number of carboxylic acids is 1. The van der Waals surface area contributed by atoms with E-state index in [4.69, 9.17) is 31.2 Å². The van der Waals surface area contributed by atoms with Crippen LogP contribution in [0.5, 0.6) is 5.75 Å². The lowest BCUT2D eigenvalue weighted by Crippen LogP contribution is -2.17. The second-order valence-corrected chi connectivity index (χ2v) is 10.9. The van der Waals surface area contributed by atoms with Crippen LogP contribution in [0.15, 0.2) is 46.7 Å². The first-order valence-electron chi connectivity index (χ1n) is 7.52. The Kier molecular flexibility index (Phi) is 4.95. The molecule has 2 atom stereocenters. The molecule has 0 spiro atoms. The lowest BCUT2D eigenvalue weighted by atomic mass is 10.1. The Morgan fingerprint density at radius 2 is 1.96 bits per heavy atom. The molecule has 1 aliphatic heterocycles. The van der Waals surface area contributed by atoms with Crippen LogP contribution in [0.2, 0.25) is 0 Å². The zero-order chi connectivity index (χ0) is 17.3. The number of hydrogen-bond acceptors (Lipinski definition) is 3. The molecule has 0 aromatic heterocycles. The van der Waals surface area contributed by atoms with Crippen LogP contribution < -0.4 is 4.74 Å². The summed E-state index contributed by atoms with van der Waals surface area (Å²) in [4.78, 5) is 24.2. The third-order valence-corrected chi connectivity index (χ3v) is 7.19. The third kappa shape index (κ3) is 3.48. The van der Waals surface area contributed by atoms with Gasteiger partial charge in [0.1, 0.15) is 5.75 Å². The van der Waals surface area contributed by atoms with Crippen molar-refractivity contribution in [3.05, 3.63) is 52.3 Å². The highest BCUT2D eigenvalue weighted by molar-refractivity contribution is 8.70. The van der Waals surface area contributed by atoms with Crippen molar-refractivity contribution >= 4 is 41.6 Å². The van der Waals surface area contributed by atoms with Crippen molar-refractivity contribution < 1.29 is 19.4 Å². The third-order valence-electron chi connectivity index (χ3n) is 4.17. The van der Waals surface area contributed by atoms with E-state index in [0.717, 1.165) is 0 Å². The highest BCUT2D eigenvalue weighted by Crippen LogP contribution is 2.69. The van der Waals surface area contributed by atoms with Crippen LogP contribution in [-0.2, 0) is 4.79 Å². The number of carbonyl (C=O) groups is 2. The number of carbonyl (C=O) groups excluding carboxylic acids is 1. The van der Waals surface area contributed by atoms with E-state index in [0.29, 0.717) is 35.5 Å². The molecule has 4 nitrogen and oxygen atoms in total. The molecule has 0 saturated heterocycles. The van der Waals surface area contributed by atoms with E-state index in [-0.39, 0.29) is 17.8 Å². The molecule has 1 heterocycles. The molecule has 0 amide bonds. The van der Waals surface area contributed by atoms with Crippen LogP contribution in [0, 0.1) is 5.92 Å². The Labute approximate surface area is 150 Å². The summed E-state index contributed by atoms with van der Waals surface area (Å²) >= 11 is 0. The van der Waals surface area contributed by atoms with Crippen LogP contribution in [0.1, 0.15) is 29.6 Å². The Bertz CT molecular complexity index is 742. The highest BCUT2D eigenvalue weighted by Gasteiger charge is 2.34. The summed E-state index contributed by atoms with van der Waals surface area (Å²) in [5, 5.41) is 10.7. The van der Waals surface area contributed by atoms with Crippen molar-refractivity contribution in [2.24, 2.45) is 5.92 Å². The summed E-state index contributed by atoms with van der Waals surface area (Å²) in [6, 6.07) is 6.91. The number of Topliss-reactive ketones (excluding diaryl/α,β-unsaturated/α-hetero) is 1. The first-order valence-corrected chi connectivity index (χ1v) is 10.9. The topological polar surface area (TPSA) is 63.6 Å². The Morgan fingerprint density at radius 1 is 1.21 bits per heavy atom. The van der Waals surface area contributed by atoms with Gasteiger partial charge in [-0.1, -0.05) is 18.2 Å². The molecule has 1 aromatic rings. The fourth-order valence-corrected chi connectivity index (χ4v) is 5.05. The Balaban J connectivity index is 1.79. The highest BCUT2D eigenvalue weighted by atomic mass is 36.0. The van der Waals surface area contributed by atoms with Crippen LogP contribution >= 0.6 is 29.8 Å². The second kappa shape index (κ2) is 6.82. The smallest absolute Gasteiger partial charge is 0.306 e. The molecule has 0 unspecified atom stereocenters. The van der Waals surface area contributed by atoms with Crippen molar-refractivity contribution in [3.63, 3.8) is 0 Å². The molecule has 3 rings (SSSR count). The van der Waals surface area contributed by atoms with Gasteiger partial charge in [0, 0.05) is 0 Å². The van der Waals surface area contributed by atoms with Gasteiger partial charge in [-0.2, -0.15) is 0 Å². The number of ketones is 1. The number of ether oxygens (including phenoxy) is 1. The average molecular weight is 387 g/mol. The molecule has 1 fully saturated rings. The van der Waals surface area contributed by atoms with E-state index >= 15 is 0 Å². The molecule has 24 heavy (non-hydrogen) atoms. The summed E-state index contributed by atoms with van der Waals surface area (Å²) in [5.74, 6) is -1.01. The van der Waals surface area contributed by atoms with Gasteiger partial charge in [-0.3, -0.25) is 9.59 Å². The molecular weight excluding hydrogens is 371 g/mol. The lowest BCUT2D eigenvalue weighted by Gasteiger charge is -2.21.